The first-order chi connectivity index (χ1) is 9.79. The first kappa shape index (κ1) is 13.6. The lowest BCUT2D eigenvalue weighted by Crippen LogP contribution is -2.38. The van der Waals surface area contributed by atoms with Crippen molar-refractivity contribution in [2.45, 2.75) is 31.8 Å². The predicted octanol–water partition coefficient (Wildman–Crippen LogP) is 3.58. The molecule has 2 heteroatoms. The van der Waals surface area contributed by atoms with Crippen molar-refractivity contribution in [3.63, 3.8) is 0 Å². The Kier molecular flexibility index (Phi) is 4.04. The summed E-state index contributed by atoms with van der Waals surface area (Å²) in [7, 11) is 2.05. The maximum absolute atomic E-state index is 3.33. The lowest BCUT2D eigenvalue weighted by atomic mass is 10.0. The molecule has 0 aromatic heterocycles. The predicted molar refractivity (Wildman–Crippen MR) is 86.0 cm³/mol. The lowest BCUT2D eigenvalue weighted by molar-refractivity contribution is 0.191. The van der Waals surface area contributed by atoms with Crippen LogP contribution in [0.1, 0.15) is 31.4 Å². The van der Waals surface area contributed by atoms with Crippen LogP contribution in [0.2, 0.25) is 0 Å². The van der Waals surface area contributed by atoms with E-state index in [1.165, 1.54) is 35.7 Å². The van der Waals surface area contributed by atoms with E-state index in [4.69, 9.17) is 0 Å². The quantitative estimate of drug-likeness (QED) is 0.911. The maximum atomic E-state index is 3.33. The minimum Gasteiger partial charge on any atom is -0.318 e. The van der Waals surface area contributed by atoms with Crippen LogP contribution in [0, 0.1) is 0 Å². The molecular formula is C18H24N2. The highest BCUT2D eigenvalue weighted by Crippen LogP contribution is 2.30. The van der Waals surface area contributed by atoms with Crippen LogP contribution in [0.4, 0.5) is 0 Å². The van der Waals surface area contributed by atoms with E-state index in [9.17, 15) is 0 Å². The van der Waals surface area contributed by atoms with E-state index in [0.717, 1.165) is 6.54 Å². The van der Waals surface area contributed by atoms with Gasteiger partial charge < -0.3 is 5.32 Å². The van der Waals surface area contributed by atoms with Gasteiger partial charge in [-0.25, -0.2) is 0 Å². The molecule has 2 nitrogen and oxygen atoms in total. The second-order valence-corrected chi connectivity index (χ2v) is 5.87. The van der Waals surface area contributed by atoms with Crippen molar-refractivity contribution in [3.05, 3.63) is 48.0 Å². The molecule has 0 radical (unpaired) electrons. The Morgan fingerprint density at radius 3 is 2.80 bits per heavy atom. The van der Waals surface area contributed by atoms with Crippen molar-refractivity contribution < 1.29 is 0 Å². The molecule has 2 aromatic rings. The van der Waals surface area contributed by atoms with Gasteiger partial charge in [0.1, 0.15) is 0 Å². The van der Waals surface area contributed by atoms with E-state index in [1.807, 2.05) is 0 Å². The highest BCUT2D eigenvalue weighted by Gasteiger charge is 2.28. The summed E-state index contributed by atoms with van der Waals surface area (Å²) < 4.78 is 0. The number of hydrogen-bond acceptors (Lipinski definition) is 2. The van der Waals surface area contributed by atoms with Crippen LogP contribution in [0.5, 0.6) is 0 Å². The number of benzene rings is 2. The Labute approximate surface area is 121 Å². The van der Waals surface area contributed by atoms with Crippen LogP contribution in [0.15, 0.2) is 42.5 Å². The minimum atomic E-state index is 0.500. The van der Waals surface area contributed by atoms with Gasteiger partial charge in [-0.05, 0) is 55.8 Å². The molecule has 3 rings (SSSR count). The van der Waals surface area contributed by atoms with E-state index in [2.05, 4.69) is 66.7 Å². The van der Waals surface area contributed by atoms with Crippen LogP contribution in [0.3, 0.4) is 0 Å². The maximum Gasteiger partial charge on any atom is 0.0323 e. The Hall–Kier alpha value is -1.38. The Bertz CT molecular complexity index is 578. The number of nitrogens with one attached hydrogen (secondary N) is 1. The van der Waals surface area contributed by atoms with Gasteiger partial charge in [-0.1, -0.05) is 36.4 Å². The van der Waals surface area contributed by atoms with E-state index in [1.54, 1.807) is 0 Å². The van der Waals surface area contributed by atoms with Crippen molar-refractivity contribution >= 4 is 10.8 Å². The third-order valence-corrected chi connectivity index (χ3v) is 4.62. The van der Waals surface area contributed by atoms with Crippen LogP contribution in [-0.4, -0.2) is 31.1 Å². The highest BCUT2D eigenvalue weighted by atomic mass is 15.2. The van der Waals surface area contributed by atoms with E-state index >= 15 is 0 Å². The van der Waals surface area contributed by atoms with Gasteiger partial charge in [0.2, 0.25) is 0 Å². The van der Waals surface area contributed by atoms with Gasteiger partial charge in [-0.2, -0.15) is 0 Å². The first-order valence-corrected chi connectivity index (χ1v) is 7.68. The van der Waals surface area contributed by atoms with Crippen molar-refractivity contribution in [3.8, 4) is 0 Å². The van der Waals surface area contributed by atoms with Gasteiger partial charge in [0.25, 0.3) is 0 Å². The van der Waals surface area contributed by atoms with E-state index < -0.39 is 0 Å². The minimum absolute atomic E-state index is 0.500. The van der Waals surface area contributed by atoms with Gasteiger partial charge in [-0.3, -0.25) is 4.90 Å². The molecule has 1 saturated heterocycles. The van der Waals surface area contributed by atoms with Crippen molar-refractivity contribution in [1.82, 2.24) is 10.2 Å². The standard InChI is InChI=1S/C18H24N2/c1-14(20-11-5-8-18(20)13-19-2)16-10-9-15-6-3-4-7-17(15)12-16/h3-4,6-7,9-10,12,14,18-19H,5,8,11,13H2,1-2H3. The van der Waals surface area contributed by atoms with Crippen LogP contribution in [0.25, 0.3) is 10.8 Å². The summed E-state index contributed by atoms with van der Waals surface area (Å²) in [6.07, 6.45) is 2.64. The molecule has 0 saturated carbocycles. The smallest absolute Gasteiger partial charge is 0.0323 e. The normalized spacial score (nSPS) is 21.4. The third kappa shape index (κ3) is 2.58. The Balaban J connectivity index is 1.86. The molecule has 1 fully saturated rings. The van der Waals surface area contributed by atoms with Crippen molar-refractivity contribution in [1.29, 1.82) is 0 Å². The molecule has 0 aliphatic carbocycles. The molecular weight excluding hydrogens is 244 g/mol. The van der Waals surface area contributed by atoms with Crippen molar-refractivity contribution in [2.24, 2.45) is 0 Å². The molecule has 1 aliphatic rings. The van der Waals surface area contributed by atoms with Crippen LogP contribution >= 0.6 is 0 Å². The van der Waals surface area contributed by atoms with E-state index in [-0.39, 0.29) is 0 Å². The Morgan fingerprint density at radius 2 is 2.00 bits per heavy atom. The number of fused-ring (bicyclic) bond motifs is 1. The zero-order valence-electron chi connectivity index (χ0n) is 12.5. The SMILES string of the molecule is CNCC1CCCN1C(C)c1ccc2ccccc2c1. The summed E-state index contributed by atoms with van der Waals surface area (Å²) in [6.45, 7) is 4.66. The second kappa shape index (κ2) is 5.94. The van der Waals surface area contributed by atoms with Gasteiger partial charge in [0, 0.05) is 18.6 Å². The summed E-state index contributed by atoms with van der Waals surface area (Å²) in [5, 5.41) is 6.01. The average Bonchev–Trinajstić information content (AvgIpc) is 2.94. The number of likely N-dealkylation sites (N-methyl/N-ethyl adjacent to an activating group) is 1. The fourth-order valence-electron chi connectivity index (χ4n) is 3.48. The molecule has 0 bridgehead atoms. The second-order valence-electron chi connectivity index (χ2n) is 5.87. The number of rotatable bonds is 4. The Morgan fingerprint density at radius 1 is 1.20 bits per heavy atom. The van der Waals surface area contributed by atoms with Crippen LogP contribution in [-0.2, 0) is 0 Å². The van der Waals surface area contributed by atoms with Gasteiger partial charge >= 0.3 is 0 Å². The lowest BCUT2D eigenvalue weighted by Gasteiger charge is -2.31. The largest absolute Gasteiger partial charge is 0.318 e. The molecule has 1 aliphatic heterocycles. The summed E-state index contributed by atoms with van der Waals surface area (Å²) >= 11 is 0. The molecule has 1 N–H and O–H groups in total. The van der Waals surface area contributed by atoms with Crippen LogP contribution < -0.4 is 5.32 Å². The summed E-state index contributed by atoms with van der Waals surface area (Å²) in [5.74, 6) is 0. The zero-order valence-corrected chi connectivity index (χ0v) is 12.5. The molecule has 20 heavy (non-hydrogen) atoms. The third-order valence-electron chi connectivity index (χ3n) is 4.62. The molecule has 0 amide bonds. The molecule has 2 aromatic carbocycles. The monoisotopic (exact) mass is 268 g/mol. The summed E-state index contributed by atoms with van der Waals surface area (Å²) in [6, 6.07) is 16.7. The fourth-order valence-corrected chi connectivity index (χ4v) is 3.48. The van der Waals surface area contributed by atoms with Gasteiger partial charge in [-0.15, -0.1) is 0 Å². The molecule has 106 valence electrons. The fraction of sp³-hybridized carbons (Fsp3) is 0.444. The number of hydrogen-bond donors (Lipinski definition) is 1. The zero-order chi connectivity index (χ0) is 13.9. The van der Waals surface area contributed by atoms with E-state index in [0.29, 0.717) is 12.1 Å². The molecule has 0 spiro atoms. The number of nitrogens with zero attached hydrogens (tertiary/aromatic N) is 1. The summed E-state index contributed by atoms with van der Waals surface area (Å²) in [4.78, 5) is 2.65. The van der Waals surface area contributed by atoms with Gasteiger partial charge in [0.05, 0.1) is 0 Å². The first-order valence-electron chi connectivity index (χ1n) is 7.68. The molecule has 2 atom stereocenters. The summed E-state index contributed by atoms with van der Waals surface area (Å²) in [5.41, 5.74) is 1.44. The molecule has 2 unspecified atom stereocenters. The molecule has 1 heterocycles. The number of likely N-dealkylation sites (tertiary alicyclic amines) is 1. The highest BCUT2D eigenvalue weighted by molar-refractivity contribution is 5.83. The van der Waals surface area contributed by atoms with Gasteiger partial charge in [0.15, 0.2) is 0 Å². The topological polar surface area (TPSA) is 15.3 Å². The average molecular weight is 268 g/mol. The van der Waals surface area contributed by atoms with Crippen molar-refractivity contribution in [2.75, 3.05) is 20.1 Å².